The second-order valence-corrected chi connectivity index (χ2v) is 12.1. The fourth-order valence-electron chi connectivity index (χ4n) is 4.80. The number of nitro groups is 1. The van der Waals surface area contributed by atoms with Gasteiger partial charge in [0.05, 0.1) is 15.9 Å². The molecule has 0 aliphatic heterocycles. The number of fused-ring (bicyclic) bond motifs is 3. The maximum Gasteiger partial charge on any atom is 0.312 e. The molecule has 0 fully saturated rings. The number of H-pyrrole nitrogens is 1. The fourth-order valence-corrected chi connectivity index (χ4v) is 6.18. The number of hydrogen-bond donors (Lipinski definition) is 1. The largest absolute Gasteiger partial charge is 0.450 e. The summed E-state index contributed by atoms with van der Waals surface area (Å²) in [4.78, 5) is 33.5. The first kappa shape index (κ1) is 26.3. The molecule has 1 N–H and O–H groups in total. The first-order valence-electron chi connectivity index (χ1n) is 12.8. The number of aromatic nitrogens is 2. The molecule has 1 atom stereocenters. The van der Waals surface area contributed by atoms with Crippen molar-refractivity contribution >= 4 is 38.9 Å². The molecule has 1 unspecified atom stereocenters. The van der Waals surface area contributed by atoms with E-state index in [4.69, 9.17) is 4.74 Å². The van der Waals surface area contributed by atoms with Gasteiger partial charge in [-0.1, -0.05) is 45.9 Å². The third kappa shape index (κ3) is 5.33. The van der Waals surface area contributed by atoms with Crippen LogP contribution in [0.3, 0.4) is 0 Å². The minimum absolute atomic E-state index is 0.0257. The van der Waals surface area contributed by atoms with Crippen molar-refractivity contribution < 1.29 is 9.66 Å². The molecule has 198 valence electrons. The summed E-state index contributed by atoms with van der Waals surface area (Å²) in [6.07, 6.45) is 4.28. The second kappa shape index (κ2) is 10.1. The van der Waals surface area contributed by atoms with E-state index in [1.165, 1.54) is 34.4 Å². The van der Waals surface area contributed by atoms with Crippen LogP contribution in [-0.2, 0) is 18.3 Å². The van der Waals surface area contributed by atoms with E-state index in [0.717, 1.165) is 30.4 Å². The molecule has 9 heteroatoms. The Bertz CT molecular complexity index is 1720. The lowest BCUT2D eigenvalue weighted by molar-refractivity contribution is -0.385. The number of nitriles is 1. The molecule has 2 heterocycles. The molecule has 5 rings (SSSR count). The molecule has 8 nitrogen and oxygen atoms in total. The number of rotatable bonds is 5. The van der Waals surface area contributed by atoms with Gasteiger partial charge < -0.3 is 9.72 Å². The highest BCUT2D eigenvalue weighted by Crippen LogP contribution is 2.37. The van der Waals surface area contributed by atoms with Crippen molar-refractivity contribution in [3.05, 3.63) is 90.3 Å². The van der Waals surface area contributed by atoms with Gasteiger partial charge in [0.25, 0.3) is 5.56 Å². The number of nitrogens with one attached hydrogen (secondary N) is 1. The summed E-state index contributed by atoms with van der Waals surface area (Å²) < 4.78 is 5.83. The normalized spacial score (nSPS) is 15.6. The number of hydrogen-bond acceptors (Lipinski definition) is 7. The van der Waals surface area contributed by atoms with Crippen LogP contribution in [0.15, 0.2) is 47.3 Å². The fraction of sp³-hybridized carbons (Fsp3) is 0.300. The summed E-state index contributed by atoms with van der Waals surface area (Å²) in [5.41, 5.74) is 2.17. The van der Waals surface area contributed by atoms with Crippen molar-refractivity contribution in [2.45, 2.75) is 52.4 Å². The Morgan fingerprint density at radius 2 is 2.00 bits per heavy atom. The molecular weight excluding hydrogens is 512 g/mol. The highest BCUT2D eigenvalue weighted by molar-refractivity contribution is 7.18. The molecule has 0 amide bonds. The van der Waals surface area contributed by atoms with Crippen LogP contribution in [0, 0.1) is 27.4 Å². The molecule has 2 aromatic heterocycles. The van der Waals surface area contributed by atoms with Crippen molar-refractivity contribution in [1.82, 2.24) is 9.97 Å². The Balaban J connectivity index is 1.47. The van der Waals surface area contributed by atoms with Crippen molar-refractivity contribution in [3.63, 3.8) is 0 Å². The van der Waals surface area contributed by atoms with Gasteiger partial charge in [-0.15, -0.1) is 11.3 Å². The molecule has 39 heavy (non-hydrogen) atoms. The maximum absolute atomic E-state index is 13.0. The summed E-state index contributed by atoms with van der Waals surface area (Å²) in [6, 6.07) is 14.0. The second-order valence-electron chi connectivity index (χ2n) is 11.0. The first-order valence-corrected chi connectivity index (χ1v) is 13.6. The monoisotopic (exact) mass is 540 g/mol. The topological polar surface area (TPSA) is 122 Å². The highest BCUT2D eigenvalue weighted by Gasteiger charge is 2.24. The zero-order valence-corrected chi connectivity index (χ0v) is 23.0. The summed E-state index contributed by atoms with van der Waals surface area (Å²) in [5.74, 6) is 1.27. The molecule has 0 radical (unpaired) electrons. The molecule has 1 aliphatic carbocycles. The SMILES string of the molecule is CC1CCc2c(sc3nc(C(C#N)=Cc4ccc(Oc5ccc(C(C)(C)C)cc5)c([N+](=O)[O-])c4)[nH]c(=O)c23)C1. The standard InChI is InChI=1S/C30H28N4O4S/c1-17-5-11-22-25(13-17)39-29-26(22)28(35)32-27(33-29)19(16-31)14-18-6-12-24(23(15-18)34(36)37)38-21-9-7-20(8-10-21)30(2,3)4/h6-10,12,14-15,17H,5,11,13H2,1-4H3,(H,32,33,35). The zero-order valence-electron chi connectivity index (χ0n) is 22.2. The van der Waals surface area contributed by atoms with Gasteiger partial charge in [-0.05, 0) is 71.6 Å². The Kier molecular flexibility index (Phi) is 6.83. The minimum atomic E-state index is -0.522. The van der Waals surface area contributed by atoms with Gasteiger partial charge in [-0.2, -0.15) is 5.26 Å². The Labute approximate surface area is 229 Å². The summed E-state index contributed by atoms with van der Waals surface area (Å²) >= 11 is 1.50. The summed E-state index contributed by atoms with van der Waals surface area (Å²) in [6.45, 7) is 8.51. The number of nitro benzene ring substituents is 1. The van der Waals surface area contributed by atoms with Crippen LogP contribution >= 0.6 is 11.3 Å². The lowest BCUT2D eigenvalue weighted by Gasteiger charge is -2.19. The van der Waals surface area contributed by atoms with Crippen LogP contribution in [0.25, 0.3) is 21.9 Å². The molecule has 0 saturated carbocycles. The molecule has 2 aromatic carbocycles. The van der Waals surface area contributed by atoms with Crippen molar-refractivity contribution in [2.75, 3.05) is 0 Å². The van der Waals surface area contributed by atoms with Crippen LogP contribution in [0.4, 0.5) is 5.69 Å². The number of thiophene rings is 1. The number of aromatic amines is 1. The third-order valence-electron chi connectivity index (χ3n) is 6.98. The lowest BCUT2D eigenvalue weighted by atomic mass is 9.87. The predicted octanol–water partition coefficient (Wildman–Crippen LogP) is 7.17. The van der Waals surface area contributed by atoms with E-state index in [0.29, 0.717) is 27.4 Å². The van der Waals surface area contributed by atoms with E-state index in [2.05, 4.69) is 43.7 Å². The highest BCUT2D eigenvalue weighted by atomic mass is 32.1. The summed E-state index contributed by atoms with van der Waals surface area (Å²) in [5, 5.41) is 22.3. The van der Waals surface area contributed by atoms with Gasteiger partial charge in [0.1, 0.15) is 16.6 Å². The number of aryl methyl sites for hydroxylation is 1. The van der Waals surface area contributed by atoms with Crippen LogP contribution in [0.2, 0.25) is 0 Å². The average Bonchev–Trinajstić information content (AvgIpc) is 3.25. The predicted molar refractivity (Wildman–Crippen MR) is 153 cm³/mol. The number of ether oxygens (including phenoxy) is 1. The van der Waals surface area contributed by atoms with Gasteiger partial charge in [0.15, 0.2) is 5.82 Å². The zero-order chi connectivity index (χ0) is 27.9. The van der Waals surface area contributed by atoms with Gasteiger partial charge in [-0.25, -0.2) is 4.98 Å². The van der Waals surface area contributed by atoms with Crippen LogP contribution in [-0.4, -0.2) is 14.9 Å². The lowest BCUT2D eigenvalue weighted by Crippen LogP contribution is -2.14. The quantitative estimate of drug-likeness (QED) is 0.163. The van der Waals surface area contributed by atoms with Gasteiger partial charge in [-0.3, -0.25) is 14.9 Å². The summed E-state index contributed by atoms with van der Waals surface area (Å²) in [7, 11) is 0. The number of nitrogens with zero attached hydrogens (tertiary/aromatic N) is 3. The first-order chi connectivity index (χ1) is 18.5. The van der Waals surface area contributed by atoms with E-state index in [1.54, 1.807) is 18.2 Å². The molecule has 4 aromatic rings. The van der Waals surface area contributed by atoms with E-state index in [1.807, 2.05) is 12.1 Å². The van der Waals surface area contributed by atoms with Crippen molar-refractivity contribution in [1.29, 1.82) is 5.26 Å². The molecule has 0 saturated heterocycles. The maximum atomic E-state index is 13.0. The Morgan fingerprint density at radius 1 is 1.26 bits per heavy atom. The smallest absolute Gasteiger partial charge is 0.312 e. The number of benzene rings is 2. The molecule has 0 bridgehead atoms. The third-order valence-corrected chi connectivity index (χ3v) is 8.13. The van der Waals surface area contributed by atoms with Crippen molar-refractivity contribution in [3.8, 4) is 17.6 Å². The van der Waals surface area contributed by atoms with Gasteiger partial charge >= 0.3 is 5.69 Å². The molecule has 1 aliphatic rings. The van der Waals surface area contributed by atoms with E-state index >= 15 is 0 Å². The Hall–Kier alpha value is -4.29. The Morgan fingerprint density at radius 3 is 2.67 bits per heavy atom. The van der Waals surface area contributed by atoms with Crippen molar-refractivity contribution in [2.24, 2.45) is 5.92 Å². The van der Waals surface area contributed by atoms with Crippen LogP contribution < -0.4 is 10.3 Å². The molecular formula is C30H28N4O4S. The average molecular weight is 541 g/mol. The van der Waals surface area contributed by atoms with Crippen LogP contribution in [0.5, 0.6) is 11.5 Å². The number of allylic oxidation sites excluding steroid dienone is 1. The van der Waals surface area contributed by atoms with Crippen LogP contribution in [0.1, 0.15) is 61.5 Å². The van der Waals surface area contributed by atoms with Gasteiger partial charge in [0, 0.05) is 10.9 Å². The molecule has 0 spiro atoms. The van der Waals surface area contributed by atoms with E-state index in [-0.39, 0.29) is 33.8 Å². The van der Waals surface area contributed by atoms with E-state index < -0.39 is 4.92 Å². The van der Waals surface area contributed by atoms with Gasteiger partial charge in [0.2, 0.25) is 5.75 Å². The minimum Gasteiger partial charge on any atom is -0.450 e. The van der Waals surface area contributed by atoms with E-state index in [9.17, 15) is 20.2 Å².